The van der Waals surface area contributed by atoms with Crippen LogP contribution in [-0.4, -0.2) is 60.0 Å². The van der Waals surface area contributed by atoms with E-state index in [1.807, 2.05) is 27.2 Å². The van der Waals surface area contributed by atoms with E-state index in [0.29, 0.717) is 33.8 Å². The molecule has 0 atom stereocenters. The summed E-state index contributed by atoms with van der Waals surface area (Å²) in [6.45, 7) is 1.67. The quantitative estimate of drug-likeness (QED) is 0.194. The second-order valence-electron chi connectivity index (χ2n) is 8.82. The van der Waals surface area contributed by atoms with Crippen LogP contribution in [0, 0.1) is 5.82 Å². The molecule has 0 aliphatic carbocycles. The number of nitrogens with one attached hydrogen (secondary N) is 1. The third-order valence-corrected chi connectivity index (χ3v) is 5.78. The van der Waals surface area contributed by atoms with Crippen LogP contribution in [0.3, 0.4) is 0 Å². The van der Waals surface area contributed by atoms with E-state index in [0.717, 1.165) is 29.1 Å². The zero-order chi connectivity index (χ0) is 25.8. The van der Waals surface area contributed by atoms with Crippen molar-refractivity contribution in [1.82, 2.24) is 14.6 Å². The fourth-order valence-electron chi connectivity index (χ4n) is 3.74. The zero-order valence-corrected chi connectivity index (χ0v) is 20.4. The minimum atomic E-state index is -0.329. The summed E-state index contributed by atoms with van der Waals surface area (Å²) in [6.07, 6.45) is 2.99. The van der Waals surface area contributed by atoms with Crippen molar-refractivity contribution in [3.8, 4) is 11.4 Å². The molecule has 36 heavy (non-hydrogen) atoms. The van der Waals surface area contributed by atoms with Gasteiger partial charge in [0.2, 0.25) is 5.91 Å². The third kappa shape index (κ3) is 5.64. The van der Waals surface area contributed by atoms with Crippen LogP contribution in [-0.2, 0) is 4.79 Å². The number of likely N-dealkylation sites (N-methyl/N-ethyl adjacent to an activating group) is 2. The Morgan fingerprint density at radius 2 is 1.78 bits per heavy atom. The lowest BCUT2D eigenvalue weighted by Gasteiger charge is -2.23. The van der Waals surface area contributed by atoms with Crippen LogP contribution in [0.2, 0.25) is 0 Å². The fourth-order valence-corrected chi connectivity index (χ4v) is 3.74. The molecule has 0 saturated carbocycles. The smallest absolute Gasteiger partial charge is 0.248 e. The van der Waals surface area contributed by atoms with Crippen LogP contribution in [0.1, 0.15) is 5.56 Å². The summed E-state index contributed by atoms with van der Waals surface area (Å²) >= 11 is 0. The number of rotatable bonds is 8. The number of imidazole rings is 1. The van der Waals surface area contributed by atoms with Gasteiger partial charge in [-0.05, 0) is 74.3 Å². The van der Waals surface area contributed by atoms with E-state index in [4.69, 9.17) is 5.73 Å². The summed E-state index contributed by atoms with van der Waals surface area (Å²) in [6, 6.07) is 16.4. The van der Waals surface area contributed by atoms with Gasteiger partial charge in [-0.15, -0.1) is 0 Å². The number of nitrogen functional groups attached to an aromatic ring is 1. The van der Waals surface area contributed by atoms with Gasteiger partial charge in [0.1, 0.15) is 11.3 Å². The summed E-state index contributed by atoms with van der Waals surface area (Å²) in [5, 5.41) is 13.5. The summed E-state index contributed by atoms with van der Waals surface area (Å²) < 4.78 is 14.0. The van der Waals surface area contributed by atoms with Gasteiger partial charge in [-0.3, -0.25) is 4.79 Å². The molecular weight excluding hydrogens is 459 g/mol. The lowest BCUT2D eigenvalue weighted by molar-refractivity contribution is -0.111. The second kappa shape index (κ2) is 10.5. The van der Waals surface area contributed by atoms with E-state index in [2.05, 4.69) is 20.1 Å². The standard InChI is InChI=1S/C27H29FN6O2/c1-32(2)14-15-33(3)24-17-23-25(16-22(24)29)34(36)27(31-23)19-7-11-21(12-8-19)30-26(35)13-6-18-4-9-20(28)10-5-18/h4-13,16-17,36H,14-15,29H2,1-3H3,(H,30,35)/b13-6+. The van der Waals surface area contributed by atoms with E-state index < -0.39 is 0 Å². The number of aromatic nitrogens is 2. The highest BCUT2D eigenvalue weighted by molar-refractivity contribution is 6.02. The highest BCUT2D eigenvalue weighted by Gasteiger charge is 2.16. The number of hydrogen-bond donors (Lipinski definition) is 3. The molecule has 0 saturated heterocycles. The van der Waals surface area contributed by atoms with Crippen molar-refractivity contribution in [3.63, 3.8) is 0 Å². The van der Waals surface area contributed by atoms with Gasteiger partial charge in [-0.1, -0.05) is 12.1 Å². The van der Waals surface area contributed by atoms with Crippen LogP contribution >= 0.6 is 0 Å². The van der Waals surface area contributed by atoms with Crippen molar-refractivity contribution in [2.24, 2.45) is 0 Å². The average molecular weight is 489 g/mol. The van der Waals surface area contributed by atoms with E-state index in [1.165, 1.54) is 18.2 Å². The van der Waals surface area contributed by atoms with Gasteiger partial charge >= 0.3 is 0 Å². The number of hydrogen-bond acceptors (Lipinski definition) is 6. The van der Waals surface area contributed by atoms with Crippen LogP contribution in [0.15, 0.2) is 66.7 Å². The first kappa shape index (κ1) is 24.7. The van der Waals surface area contributed by atoms with Gasteiger partial charge in [0.05, 0.1) is 16.9 Å². The maximum atomic E-state index is 13.0. The highest BCUT2D eigenvalue weighted by Crippen LogP contribution is 2.31. The summed E-state index contributed by atoms with van der Waals surface area (Å²) in [5.41, 5.74) is 10.8. The predicted octanol–water partition coefficient (Wildman–Crippen LogP) is 4.31. The molecule has 3 aromatic carbocycles. The molecule has 4 N–H and O–H groups in total. The van der Waals surface area contributed by atoms with Crippen LogP contribution in [0.4, 0.5) is 21.5 Å². The van der Waals surface area contributed by atoms with Gasteiger partial charge in [-0.2, -0.15) is 4.73 Å². The Morgan fingerprint density at radius 1 is 1.08 bits per heavy atom. The molecule has 4 rings (SSSR count). The van der Waals surface area contributed by atoms with Gasteiger partial charge in [0, 0.05) is 37.5 Å². The number of nitrogens with two attached hydrogens (primary N) is 1. The highest BCUT2D eigenvalue weighted by atomic mass is 19.1. The van der Waals surface area contributed by atoms with Crippen molar-refractivity contribution < 1.29 is 14.4 Å². The summed E-state index contributed by atoms with van der Waals surface area (Å²) in [7, 11) is 6.00. The average Bonchev–Trinajstić information content (AvgIpc) is 3.17. The van der Waals surface area contributed by atoms with E-state index in [1.54, 1.807) is 48.5 Å². The van der Waals surface area contributed by atoms with Crippen LogP contribution in [0.25, 0.3) is 28.5 Å². The number of halogens is 1. The van der Waals surface area contributed by atoms with Gasteiger partial charge in [-0.25, -0.2) is 9.37 Å². The number of carbonyl (C=O) groups excluding carboxylic acids is 1. The van der Waals surface area contributed by atoms with E-state index in [-0.39, 0.29) is 11.7 Å². The second-order valence-corrected chi connectivity index (χ2v) is 8.82. The fraction of sp³-hybridized carbons (Fsp3) is 0.185. The topological polar surface area (TPSA) is 99.6 Å². The maximum Gasteiger partial charge on any atom is 0.248 e. The van der Waals surface area contributed by atoms with Crippen molar-refractivity contribution in [2.75, 3.05) is 50.2 Å². The number of anilines is 3. The molecule has 0 aliphatic rings. The lowest BCUT2D eigenvalue weighted by atomic mass is 10.2. The van der Waals surface area contributed by atoms with Gasteiger partial charge in [0.15, 0.2) is 5.82 Å². The van der Waals surface area contributed by atoms with Crippen molar-refractivity contribution in [1.29, 1.82) is 0 Å². The lowest BCUT2D eigenvalue weighted by Crippen LogP contribution is -2.28. The Morgan fingerprint density at radius 3 is 2.44 bits per heavy atom. The first-order valence-corrected chi connectivity index (χ1v) is 11.4. The molecule has 1 heterocycles. The van der Waals surface area contributed by atoms with E-state index in [9.17, 15) is 14.4 Å². The molecule has 0 fully saturated rings. The molecule has 1 aromatic heterocycles. The maximum absolute atomic E-state index is 13.0. The Hall–Kier alpha value is -4.37. The molecule has 1 amide bonds. The predicted molar refractivity (Wildman–Crippen MR) is 143 cm³/mol. The minimum Gasteiger partial charge on any atom is -0.426 e. The SMILES string of the molecule is CN(C)CCN(C)c1cc2nc(-c3ccc(NC(=O)/C=C/c4ccc(F)cc4)cc3)n(O)c2cc1N. The number of amides is 1. The first-order chi connectivity index (χ1) is 17.2. The molecule has 0 bridgehead atoms. The Balaban J connectivity index is 1.50. The minimum absolute atomic E-state index is 0.317. The Labute approximate surface area is 209 Å². The third-order valence-electron chi connectivity index (χ3n) is 5.78. The molecule has 0 spiro atoms. The van der Waals surface area contributed by atoms with Crippen molar-refractivity contribution in [3.05, 3.63) is 78.1 Å². The van der Waals surface area contributed by atoms with Crippen molar-refractivity contribution in [2.45, 2.75) is 0 Å². The molecule has 186 valence electrons. The molecular formula is C27H29FN6O2. The number of carbonyl (C=O) groups is 1. The first-order valence-electron chi connectivity index (χ1n) is 11.4. The molecule has 0 aliphatic heterocycles. The monoisotopic (exact) mass is 488 g/mol. The molecule has 0 unspecified atom stereocenters. The Kier molecular flexibility index (Phi) is 7.21. The normalized spacial score (nSPS) is 11.5. The number of nitrogens with zero attached hydrogens (tertiary/aromatic N) is 4. The van der Waals surface area contributed by atoms with Crippen LogP contribution in [0.5, 0.6) is 0 Å². The molecule has 8 nitrogen and oxygen atoms in total. The molecule has 0 radical (unpaired) electrons. The summed E-state index contributed by atoms with van der Waals surface area (Å²) in [4.78, 5) is 21.0. The Bertz CT molecular complexity index is 1390. The zero-order valence-electron chi connectivity index (χ0n) is 20.4. The molecule has 9 heteroatoms. The van der Waals surface area contributed by atoms with Crippen molar-refractivity contribution >= 4 is 40.1 Å². The molecule has 4 aromatic rings. The number of benzene rings is 3. The van der Waals surface area contributed by atoms with Gasteiger partial charge in [0.25, 0.3) is 0 Å². The van der Waals surface area contributed by atoms with E-state index >= 15 is 0 Å². The number of fused-ring (bicyclic) bond motifs is 1. The summed E-state index contributed by atoms with van der Waals surface area (Å²) in [5.74, 6) is -0.279. The largest absolute Gasteiger partial charge is 0.426 e. The van der Waals surface area contributed by atoms with Gasteiger partial charge < -0.3 is 26.1 Å². The van der Waals surface area contributed by atoms with Crippen LogP contribution < -0.4 is 16.0 Å².